The lowest BCUT2D eigenvalue weighted by molar-refractivity contribution is 0.0613. The average Bonchev–Trinajstić information content (AvgIpc) is 3.57. The first-order chi connectivity index (χ1) is 17.4. The largest absolute Gasteiger partial charge is 0.423 e. The molecule has 2 saturated heterocycles. The van der Waals surface area contributed by atoms with Crippen molar-refractivity contribution in [3.8, 4) is 11.8 Å². The van der Waals surface area contributed by atoms with E-state index in [0.717, 1.165) is 5.69 Å². The van der Waals surface area contributed by atoms with Crippen LogP contribution in [0.4, 0.5) is 16.2 Å². The molecule has 5 rings (SSSR count). The van der Waals surface area contributed by atoms with Gasteiger partial charge in [-0.15, -0.1) is 0 Å². The van der Waals surface area contributed by atoms with Gasteiger partial charge in [0.05, 0.1) is 19.3 Å². The van der Waals surface area contributed by atoms with Gasteiger partial charge < -0.3 is 29.7 Å². The quantitative estimate of drug-likeness (QED) is 0.476. The number of nitrogens with one attached hydrogen (secondary N) is 2. The maximum atomic E-state index is 12.6. The number of hydrogen-bond acceptors (Lipinski definition) is 9. The molecule has 0 aliphatic carbocycles. The predicted molar refractivity (Wildman–Crippen MR) is 130 cm³/mol. The number of carbonyl (C=O) groups is 2. The molecule has 3 heterocycles. The lowest BCUT2D eigenvalue weighted by atomic mass is 10.1. The molecule has 2 aromatic carbocycles. The van der Waals surface area contributed by atoms with Gasteiger partial charge in [0.2, 0.25) is 0 Å². The first-order valence-corrected chi connectivity index (χ1v) is 11.5. The number of anilines is 2. The molecule has 36 heavy (non-hydrogen) atoms. The van der Waals surface area contributed by atoms with E-state index in [4.69, 9.17) is 14.2 Å². The Morgan fingerprint density at radius 2 is 1.86 bits per heavy atom. The van der Waals surface area contributed by atoms with E-state index in [-0.39, 0.29) is 48.7 Å². The van der Waals surface area contributed by atoms with Gasteiger partial charge in [-0.1, -0.05) is 11.2 Å². The van der Waals surface area contributed by atoms with Gasteiger partial charge in [0.25, 0.3) is 0 Å². The Balaban J connectivity index is 1.22. The second-order valence-electron chi connectivity index (χ2n) is 8.90. The van der Waals surface area contributed by atoms with E-state index in [1.54, 1.807) is 28.9 Å². The van der Waals surface area contributed by atoms with Crippen LogP contribution in [0.2, 0.25) is 0 Å². The van der Waals surface area contributed by atoms with Gasteiger partial charge in [-0.3, -0.25) is 4.79 Å². The molecule has 2 aliphatic rings. The van der Waals surface area contributed by atoms with Crippen LogP contribution in [0.15, 0.2) is 48.5 Å². The highest BCUT2D eigenvalue weighted by Gasteiger charge is 2.50. The summed E-state index contributed by atoms with van der Waals surface area (Å²) in [5.74, 6) is 0.568. The van der Waals surface area contributed by atoms with Crippen LogP contribution in [0, 0.1) is 0 Å². The third-order valence-electron chi connectivity index (χ3n) is 6.21. The Morgan fingerprint density at radius 3 is 2.61 bits per heavy atom. The molecule has 4 unspecified atom stereocenters. The molecule has 2 aliphatic heterocycles. The molecule has 4 atom stereocenters. The van der Waals surface area contributed by atoms with E-state index < -0.39 is 0 Å². The molecule has 0 bridgehead atoms. The van der Waals surface area contributed by atoms with Gasteiger partial charge in [0, 0.05) is 37.1 Å². The summed E-state index contributed by atoms with van der Waals surface area (Å²) in [5, 5.41) is 17.6. The number of benzene rings is 2. The Bertz CT molecular complexity index is 1250. The van der Waals surface area contributed by atoms with Crippen molar-refractivity contribution >= 4 is 23.2 Å². The molecular weight excluding hydrogens is 466 g/mol. The van der Waals surface area contributed by atoms with Gasteiger partial charge >= 0.3 is 12.0 Å². The summed E-state index contributed by atoms with van der Waals surface area (Å²) in [6.07, 6.45) is -0.723. The number of Topliss-reactive ketones (excluding diaryl/α,β-unsaturated/α-hetero) is 1. The number of ether oxygens (including phenoxy) is 3. The number of aromatic nitrogens is 4. The van der Waals surface area contributed by atoms with Crippen LogP contribution in [-0.2, 0) is 9.47 Å². The fourth-order valence-corrected chi connectivity index (χ4v) is 4.33. The number of urea groups is 1. The number of amides is 2. The summed E-state index contributed by atoms with van der Waals surface area (Å²) in [4.78, 5) is 26.0. The molecule has 2 amide bonds. The Labute approximate surface area is 207 Å². The summed E-state index contributed by atoms with van der Waals surface area (Å²) in [7, 11) is 3.90. The highest BCUT2D eigenvalue weighted by atomic mass is 16.6. The minimum atomic E-state index is -0.390. The normalized spacial score (nSPS) is 22.6. The summed E-state index contributed by atoms with van der Waals surface area (Å²) in [5.41, 5.74) is 2.14. The smallest absolute Gasteiger partial charge is 0.341 e. The van der Waals surface area contributed by atoms with Gasteiger partial charge in [0.15, 0.2) is 5.78 Å². The summed E-state index contributed by atoms with van der Waals surface area (Å²) in [6, 6.07) is 13.5. The highest BCUT2D eigenvalue weighted by molar-refractivity contribution is 5.95. The number of tetrazole rings is 1. The first kappa shape index (κ1) is 23.7. The zero-order valence-corrected chi connectivity index (χ0v) is 20.1. The molecule has 1 aromatic heterocycles. The van der Waals surface area contributed by atoms with E-state index in [0.29, 0.717) is 23.6 Å². The van der Waals surface area contributed by atoms with Crippen LogP contribution in [0.5, 0.6) is 11.8 Å². The molecule has 0 radical (unpaired) electrons. The van der Waals surface area contributed by atoms with Crippen molar-refractivity contribution in [3.05, 3.63) is 54.1 Å². The number of ketones is 1. The van der Waals surface area contributed by atoms with E-state index in [1.807, 2.05) is 43.3 Å². The lowest BCUT2D eigenvalue weighted by Gasteiger charge is -2.18. The number of nitrogens with zero attached hydrogens (tertiary/aromatic N) is 5. The summed E-state index contributed by atoms with van der Waals surface area (Å²) >= 11 is 0. The van der Waals surface area contributed by atoms with Gasteiger partial charge in [-0.05, 0) is 53.7 Å². The van der Waals surface area contributed by atoms with Crippen LogP contribution >= 0.6 is 0 Å². The minimum Gasteiger partial charge on any atom is -0.423 e. The molecule has 2 fully saturated rings. The third kappa shape index (κ3) is 4.86. The average molecular weight is 494 g/mol. The SMILES string of the molecule is CC(=O)c1ccc(NC(=O)NC2COC3C2OCC3n2nnnc2Oc2cccc(N(C)C)c2)cc1. The van der Waals surface area contributed by atoms with Crippen molar-refractivity contribution in [2.45, 2.75) is 31.2 Å². The Kier molecular flexibility index (Phi) is 6.53. The molecule has 2 N–H and O–H groups in total. The number of hydrogen-bond donors (Lipinski definition) is 2. The highest BCUT2D eigenvalue weighted by Crippen LogP contribution is 2.36. The molecule has 188 valence electrons. The second-order valence-corrected chi connectivity index (χ2v) is 8.90. The van der Waals surface area contributed by atoms with Crippen LogP contribution in [-0.4, -0.2) is 77.6 Å². The van der Waals surface area contributed by atoms with Gasteiger partial charge in [-0.2, -0.15) is 4.68 Å². The van der Waals surface area contributed by atoms with Crippen molar-refractivity contribution in [1.29, 1.82) is 0 Å². The standard InChI is InChI=1S/C24H27N7O5/c1-14(32)15-7-9-16(10-8-15)25-23(33)26-19-12-34-22-20(13-35-21(19)22)31-24(27-28-29-31)36-18-6-4-5-17(11-18)30(2)3/h4-11,19-22H,12-13H2,1-3H3,(H2,25,26,33). The number of rotatable bonds is 7. The Hall–Kier alpha value is -4.03. The van der Waals surface area contributed by atoms with Crippen molar-refractivity contribution in [2.24, 2.45) is 0 Å². The number of carbonyl (C=O) groups excluding carboxylic acids is 2. The lowest BCUT2D eigenvalue weighted by Crippen LogP contribution is -2.45. The van der Waals surface area contributed by atoms with Crippen LogP contribution in [0.25, 0.3) is 0 Å². The molecule has 0 saturated carbocycles. The maximum Gasteiger partial charge on any atom is 0.341 e. The molecule has 3 aromatic rings. The Morgan fingerprint density at radius 1 is 1.08 bits per heavy atom. The zero-order valence-electron chi connectivity index (χ0n) is 20.1. The zero-order chi connectivity index (χ0) is 25.2. The van der Waals surface area contributed by atoms with Gasteiger partial charge in [-0.25, -0.2) is 4.79 Å². The van der Waals surface area contributed by atoms with Crippen molar-refractivity contribution in [3.63, 3.8) is 0 Å². The summed E-state index contributed by atoms with van der Waals surface area (Å²) in [6.45, 7) is 2.08. The van der Waals surface area contributed by atoms with E-state index in [2.05, 4.69) is 26.2 Å². The number of fused-ring (bicyclic) bond motifs is 1. The summed E-state index contributed by atoms with van der Waals surface area (Å²) < 4.78 is 19.5. The molecular formula is C24H27N7O5. The van der Waals surface area contributed by atoms with E-state index >= 15 is 0 Å². The van der Waals surface area contributed by atoms with Gasteiger partial charge in [0.1, 0.15) is 24.0 Å². The molecule has 12 heteroatoms. The van der Waals surface area contributed by atoms with Crippen molar-refractivity contribution in [2.75, 3.05) is 37.5 Å². The fraction of sp³-hybridized carbons (Fsp3) is 0.375. The first-order valence-electron chi connectivity index (χ1n) is 11.5. The predicted octanol–water partition coefficient (Wildman–Crippen LogP) is 2.26. The minimum absolute atomic E-state index is 0.0358. The van der Waals surface area contributed by atoms with Crippen LogP contribution in [0.3, 0.4) is 0 Å². The third-order valence-corrected chi connectivity index (χ3v) is 6.21. The van der Waals surface area contributed by atoms with E-state index in [1.165, 1.54) is 6.92 Å². The second kappa shape index (κ2) is 9.91. The van der Waals surface area contributed by atoms with Crippen molar-refractivity contribution in [1.82, 2.24) is 25.5 Å². The van der Waals surface area contributed by atoms with Crippen LogP contribution < -0.4 is 20.3 Å². The maximum absolute atomic E-state index is 12.6. The monoisotopic (exact) mass is 493 g/mol. The molecule has 0 spiro atoms. The van der Waals surface area contributed by atoms with Crippen molar-refractivity contribution < 1.29 is 23.8 Å². The topological polar surface area (TPSA) is 133 Å². The molecule has 12 nitrogen and oxygen atoms in total. The van der Waals surface area contributed by atoms with Crippen LogP contribution in [0.1, 0.15) is 23.3 Å². The fourth-order valence-electron chi connectivity index (χ4n) is 4.33. The van der Waals surface area contributed by atoms with E-state index in [9.17, 15) is 9.59 Å².